The molecule has 0 bridgehead atoms. The van der Waals surface area contributed by atoms with E-state index in [1.165, 1.54) is 35.2 Å². The van der Waals surface area contributed by atoms with Gasteiger partial charge in [-0.05, 0) is 29.8 Å². The molecule has 0 radical (unpaired) electrons. The van der Waals surface area contributed by atoms with Gasteiger partial charge in [0, 0.05) is 17.6 Å². The third-order valence-corrected chi connectivity index (χ3v) is 6.74. The molecule has 1 amide bonds. The summed E-state index contributed by atoms with van der Waals surface area (Å²) in [5.41, 5.74) is 0.317. The Morgan fingerprint density at radius 2 is 1.81 bits per heavy atom. The van der Waals surface area contributed by atoms with Gasteiger partial charge in [-0.3, -0.25) is 9.00 Å². The minimum absolute atomic E-state index is 0.0186. The van der Waals surface area contributed by atoms with Gasteiger partial charge in [-0.25, -0.2) is 4.39 Å². The van der Waals surface area contributed by atoms with E-state index in [0.717, 1.165) is 6.07 Å². The van der Waals surface area contributed by atoms with Crippen molar-refractivity contribution in [1.29, 1.82) is 0 Å². The number of benzene rings is 2. The van der Waals surface area contributed by atoms with Gasteiger partial charge in [0.2, 0.25) is 11.8 Å². The summed E-state index contributed by atoms with van der Waals surface area (Å²) in [4.78, 5) is 14.5. The van der Waals surface area contributed by atoms with Crippen LogP contribution in [0.4, 0.5) is 23.2 Å². The average Bonchev–Trinajstić information content (AvgIpc) is 3.27. The summed E-state index contributed by atoms with van der Waals surface area (Å²) >= 11 is 0. The van der Waals surface area contributed by atoms with Crippen molar-refractivity contribution in [1.82, 2.24) is 10.2 Å². The first-order chi connectivity index (χ1) is 16.8. The molecule has 0 aliphatic carbocycles. The van der Waals surface area contributed by atoms with Gasteiger partial charge in [0.1, 0.15) is 11.6 Å². The Kier molecular flexibility index (Phi) is 6.91. The fraction of sp³-hybridized carbons (Fsp3) is 0.375. The van der Waals surface area contributed by atoms with E-state index >= 15 is 4.39 Å². The zero-order chi connectivity index (χ0) is 26.3. The molecule has 1 aromatic heterocycles. The molecule has 0 fully saturated rings. The van der Waals surface area contributed by atoms with Gasteiger partial charge < -0.3 is 14.1 Å². The van der Waals surface area contributed by atoms with Crippen LogP contribution in [0.25, 0.3) is 11.5 Å². The third kappa shape index (κ3) is 5.75. The highest BCUT2D eigenvalue weighted by Crippen LogP contribution is 2.36. The Hall–Kier alpha value is -3.28. The van der Waals surface area contributed by atoms with Gasteiger partial charge in [-0.1, -0.05) is 32.9 Å². The lowest BCUT2D eigenvalue weighted by atomic mass is 9.97. The van der Waals surface area contributed by atoms with E-state index in [1.807, 2.05) is 20.8 Å². The first-order valence-electron chi connectivity index (χ1n) is 11.0. The van der Waals surface area contributed by atoms with Crippen molar-refractivity contribution in [3.05, 3.63) is 53.7 Å². The molecule has 4 rings (SSSR count). The predicted molar refractivity (Wildman–Crippen MR) is 123 cm³/mol. The van der Waals surface area contributed by atoms with Crippen LogP contribution in [0.3, 0.4) is 0 Å². The average molecular weight is 526 g/mol. The standard InChI is InChI=1S/C24H23F4N3O4S/c1-23(2,3)22-30-29-21(35-22)16-10-18-19(11-17(16)25)36(33)9-8-20(32)31(18)12-14-4-6-15(7-5-14)34-13-24(26,27)28/h4-7,10-11H,8-9,12-13H2,1-3H3. The van der Waals surface area contributed by atoms with Crippen molar-refractivity contribution >= 4 is 22.4 Å². The van der Waals surface area contributed by atoms with Crippen molar-refractivity contribution in [2.75, 3.05) is 17.3 Å². The summed E-state index contributed by atoms with van der Waals surface area (Å²) in [6, 6.07) is 8.26. The van der Waals surface area contributed by atoms with Crippen LogP contribution in [0.5, 0.6) is 5.75 Å². The van der Waals surface area contributed by atoms with E-state index in [1.54, 1.807) is 0 Å². The normalized spacial score (nSPS) is 16.6. The van der Waals surface area contributed by atoms with E-state index in [-0.39, 0.29) is 52.4 Å². The maximum absolute atomic E-state index is 15.1. The minimum atomic E-state index is -4.46. The molecule has 1 atom stereocenters. The minimum Gasteiger partial charge on any atom is -0.484 e. The second-order valence-electron chi connectivity index (χ2n) is 9.29. The predicted octanol–water partition coefficient (Wildman–Crippen LogP) is 5.16. The summed E-state index contributed by atoms with van der Waals surface area (Å²) in [5.74, 6) is -0.773. The summed E-state index contributed by atoms with van der Waals surface area (Å²) in [7, 11) is -1.63. The number of halogens is 4. The molecule has 1 aliphatic heterocycles. The largest absolute Gasteiger partial charge is 0.484 e. The summed E-state index contributed by atoms with van der Waals surface area (Å²) in [6.45, 7) is 4.18. The zero-order valence-corrected chi connectivity index (χ0v) is 20.5. The van der Waals surface area contributed by atoms with Crippen molar-refractivity contribution in [2.45, 2.75) is 50.2 Å². The van der Waals surface area contributed by atoms with Gasteiger partial charge >= 0.3 is 6.18 Å². The Bertz CT molecular complexity index is 1300. The number of anilines is 1. The molecular weight excluding hydrogens is 502 g/mol. The number of aromatic nitrogens is 2. The molecule has 0 saturated heterocycles. The fourth-order valence-electron chi connectivity index (χ4n) is 3.51. The van der Waals surface area contributed by atoms with E-state index in [4.69, 9.17) is 9.15 Å². The molecule has 0 spiro atoms. The van der Waals surface area contributed by atoms with Crippen LogP contribution in [0, 0.1) is 5.82 Å². The molecule has 7 nitrogen and oxygen atoms in total. The van der Waals surface area contributed by atoms with Crippen LogP contribution in [-0.4, -0.2) is 38.8 Å². The molecule has 1 aliphatic rings. The second kappa shape index (κ2) is 9.64. The van der Waals surface area contributed by atoms with Gasteiger partial charge in [-0.15, -0.1) is 10.2 Å². The molecule has 36 heavy (non-hydrogen) atoms. The molecule has 0 N–H and O–H groups in total. The van der Waals surface area contributed by atoms with Crippen molar-refractivity contribution < 1.29 is 35.7 Å². The maximum Gasteiger partial charge on any atom is 0.422 e. The van der Waals surface area contributed by atoms with Gasteiger partial charge in [0.15, 0.2) is 6.61 Å². The molecule has 0 saturated carbocycles. The monoisotopic (exact) mass is 525 g/mol. The SMILES string of the molecule is CC(C)(C)c1nnc(-c2cc3c(cc2F)S(=O)CCC(=O)N3Cc2ccc(OCC(F)(F)F)cc2)o1. The van der Waals surface area contributed by atoms with Crippen molar-refractivity contribution in [3.8, 4) is 17.2 Å². The third-order valence-electron chi connectivity index (χ3n) is 5.35. The van der Waals surface area contributed by atoms with Crippen LogP contribution in [0.15, 0.2) is 45.7 Å². The number of amides is 1. The van der Waals surface area contributed by atoms with Gasteiger partial charge in [0.25, 0.3) is 5.89 Å². The Morgan fingerprint density at radius 1 is 1.11 bits per heavy atom. The number of fused-ring (bicyclic) bond motifs is 1. The van der Waals surface area contributed by atoms with E-state index in [9.17, 15) is 22.2 Å². The number of alkyl halides is 3. The molecule has 2 aromatic carbocycles. The lowest BCUT2D eigenvalue weighted by Gasteiger charge is -2.23. The van der Waals surface area contributed by atoms with E-state index < -0.39 is 34.8 Å². The Labute approximate surface area is 206 Å². The summed E-state index contributed by atoms with van der Waals surface area (Å²) in [6.07, 6.45) is -4.49. The first-order valence-corrected chi connectivity index (χ1v) is 12.3. The van der Waals surface area contributed by atoms with Crippen LogP contribution < -0.4 is 9.64 Å². The first kappa shape index (κ1) is 25.8. The molecule has 1 unspecified atom stereocenters. The lowest BCUT2D eigenvalue weighted by Crippen LogP contribution is -2.30. The number of rotatable bonds is 5. The van der Waals surface area contributed by atoms with Gasteiger partial charge in [-0.2, -0.15) is 13.2 Å². The molecule has 2 heterocycles. The van der Waals surface area contributed by atoms with Gasteiger partial charge in [0.05, 0.1) is 33.5 Å². The highest BCUT2D eigenvalue weighted by atomic mass is 32.2. The number of nitrogens with zero attached hydrogens (tertiary/aromatic N) is 3. The Morgan fingerprint density at radius 3 is 2.42 bits per heavy atom. The van der Waals surface area contributed by atoms with Crippen LogP contribution in [0.1, 0.15) is 38.6 Å². The number of carbonyl (C=O) groups excluding carboxylic acids is 1. The van der Waals surface area contributed by atoms with Crippen LogP contribution in [0.2, 0.25) is 0 Å². The summed E-state index contributed by atoms with van der Waals surface area (Å²) in [5, 5.41) is 7.93. The Balaban J connectivity index is 1.68. The maximum atomic E-state index is 15.1. The highest BCUT2D eigenvalue weighted by molar-refractivity contribution is 7.85. The van der Waals surface area contributed by atoms with E-state index in [2.05, 4.69) is 10.2 Å². The number of ether oxygens (including phenoxy) is 1. The van der Waals surface area contributed by atoms with E-state index in [0.29, 0.717) is 11.5 Å². The number of hydrogen-bond acceptors (Lipinski definition) is 6. The molecule has 192 valence electrons. The zero-order valence-electron chi connectivity index (χ0n) is 19.7. The molecular formula is C24H23F4N3O4S. The lowest BCUT2D eigenvalue weighted by molar-refractivity contribution is -0.153. The number of hydrogen-bond donors (Lipinski definition) is 0. The number of carbonyl (C=O) groups is 1. The van der Waals surface area contributed by atoms with Crippen LogP contribution in [-0.2, 0) is 27.6 Å². The quantitative estimate of drug-likeness (QED) is 0.428. The topological polar surface area (TPSA) is 85.5 Å². The highest BCUT2D eigenvalue weighted by Gasteiger charge is 2.31. The molecule has 3 aromatic rings. The van der Waals surface area contributed by atoms with Crippen LogP contribution >= 0.6 is 0 Å². The van der Waals surface area contributed by atoms with Crippen molar-refractivity contribution in [3.63, 3.8) is 0 Å². The van der Waals surface area contributed by atoms with Crippen molar-refractivity contribution in [2.24, 2.45) is 0 Å². The second-order valence-corrected chi connectivity index (χ2v) is 10.8. The fourth-order valence-corrected chi connectivity index (χ4v) is 4.72. The summed E-state index contributed by atoms with van der Waals surface area (Å²) < 4.78 is 75.4. The molecule has 12 heteroatoms. The smallest absolute Gasteiger partial charge is 0.422 e.